The Morgan fingerprint density at radius 1 is 1.17 bits per heavy atom. The van der Waals surface area contributed by atoms with Gasteiger partial charge in [-0.25, -0.2) is 9.67 Å². The largest absolute Gasteiger partial charge is 0.488 e. The third-order valence-electron chi connectivity index (χ3n) is 7.09. The van der Waals surface area contributed by atoms with Crippen LogP contribution in [0.15, 0.2) is 16.7 Å². The second-order valence-electron chi connectivity index (χ2n) is 9.89. The molecule has 3 heterocycles. The molecule has 0 unspecified atom stereocenters. The molecule has 3 aromatic heterocycles. The van der Waals surface area contributed by atoms with Gasteiger partial charge < -0.3 is 19.7 Å². The fourth-order valence-electron chi connectivity index (χ4n) is 4.74. The summed E-state index contributed by atoms with van der Waals surface area (Å²) in [5.74, 6) is 1.61. The Hall–Kier alpha value is -3.50. The lowest BCUT2D eigenvalue weighted by Crippen LogP contribution is -2.29. The van der Waals surface area contributed by atoms with E-state index in [-0.39, 0.29) is 12.0 Å². The van der Waals surface area contributed by atoms with Crippen molar-refractivity contribution in [1.29, 1.82) is 0 Å². The molecule has 11 heteroatoms. The summed E-state index contributed by atoms with van der Waals surface area (Å²) in [5, 5.41) is 25.2. The number of aryl methyl sites for hydroxylation is 1. The number of aliphatic carboxylic acids is 1. The number of nitrogens with zero attached hydrogens (tertiary/aromatic N) is 6. The zero-order valence-electron chi connectivity index (χ0n) is 19.7. The van der Waals surface area contributed by atoms with Gasteiger partial charge in [0.15, 0.2) is 0 Å². The molecule has 0 aliphatic heterocycles. The van der Waals surface area contributed by atoms with E-state index in [0.29, 0.717) is 42.3 Å². The number of rotatable bonds is 9. The van der Waals surface area contributed by atoms with Crippen LogP contribution in [-0.2, 0) is 18.4 Å². The van der Waals surface area contributed by atoms with Crippen molar-refractivity contribution in [3.8, 4) is 17.1 Å². The maximum atomic E-state index is 11.4. The van der Waals surface area contributed by atoms with Gasteiger partial charge in [0.2, 0.25) is 5.89 Å². The van der Waals surface area contributed by atoms with E-state index >= 15 is 0 Å². The van der Waals surface area contributed by atoms with Crippen LogP contribution in [0.5, 0.6) is 5.75 Å². The maximum Gasteiger partial charge on any atom is 0.306 e. The van der Waals surface area contributed by atoms with Crippen LogP contribution in [0, 0.1) is 5.92 Å². The number of pyridine rings is 1. The summed E-state index contributed by atoms with van der Waals surface area (Å²) in [5.41, 5.74) is 3.23. The predicted molar refractivity (Wildman–Crippen MR) is 124 cm³/mol. The van der Waals surface area contributed by atoms with Gasteiger partial charge in [-0.1, -0.05) is 5.21 Å². The van der Waals surface area contributed by atoms with Crippen LogP contribution >= 0.6 is 0 Å². The summed E-state index contributed by atoms with van der Waals surface area (Å²) in [7, 11) is 1.85. The van der Waals surface area contributed by atoms with Crippen LogP contribution in [0.2, 0.25) is 0 Å². The molecule has 0 bridgehead atoms. The molecule has 3 saturated carbocycles. The number of hydrogen-bond acceptors (Lipinski definition) is 9. The third-order valence-corrected chi connectivity index (χ3v) is 7.09. The van der Waals surface area contributed by atoms with Gasteiger partial charge in [-0.15, -0.1) is 5.10 Å². The Bertz CT molecular complexity index is 1230. The van der Waals surface area contributed by atoms with Crippen LogP contribution in [-0.4, -0.2) is 47.3 Å². The van der Waals surface area contributed by atoms with E-state index in [4.69, 9.17) is 14.2 Å². The summed E-state index contributed by atoms with van der Waals surface area (Å²) in [6.07, 6.45) is 7.26. The number of carboxylic acid groups (broad SMARTS) is 1. The van der Waals surface area contributed by atoms with Gasteiger partial charge in [-0.3, -0.25) is 4.79 Å². The summed E-state index contributed by atoms with van der Waals surface area (Å²) in [6, 6.07) is 3.86. The first kappa shape index (κ1) is 22.0. The normalized spacial score (nSPS) is 22.2. The van der Waals surface area contributed by atoms with Gasteiger partial charge >= 0.3 is 5.97 Å². The van der Waals surface area contributed by atoms with Crippen molar-refractivity contribution in [1.82, 2.24) is 30.1 Å². The number of carboxylic acids is 1. The minimum atomic E-state index is -0.734. The molecule has 11 nitrogen and oxygen atoms in total. The van der Waals surface area contributed by atoms with Crippen molar-refractivity contribution < 1.29 is 19.2 Å². The van der Waals surface area contributed by atoms with Gasteiger partial charge in [0.05, 0.1) is 35.6 Å². The van der Waals surface area contributed by atoms with Crippen LogP contribution in [0.4, 0.5) is 5.95 Å². The number of carbonyl (C=O) groups is 1. The lowest BCUT2D eigenvalue weighted by Gasteiger charge is -2.28. The lowest BCUT2D eigenvalue weighted by molar-refractivity contribution is -0.143. The monoisotopic (exact) mass is 479 g/mol. The number of anilines is 1. The van der Waals surface area contributed by atoms with Gasteiger partial charge in [0, 0.05) is 18.9 Å². The molecule has 6 rings (SSSR count). The fourth-order valence-corrected chi connectivity index (χ4v) is 4.74. The topological polar surface area (TPSA) is 141 Å². The summed E-state index contributed by atoms with van der Waals surface area (Å²) in [6.45, 7) is 0.430. The Labute approximate surface area is 202 Å². The third kappa shape index (κ3) is 4.71. The van der Waals surface area contributed by atoms with Gasteiger partial charge in [-0.05, 0) is 68.7 Å². The molecule has 0 saturated heterocycles. The smallest absolute Gasteiger partial charge is 0.306 e. The van der Waals surface area contributed by atoms with Crippen molar-refractivity contribution in [2.24, 2.45) is 13.0 Å². The number of ether oxygens (including phenoxy) is 1. The van der Waals surface area contributed by atoms with Crippen LogP contribution in [0.1, 0.15) is 80.5 Å². The first-order valence-electron chi connectivity index (χ1n) is 12.4. The highest BCUT2D eigenvalue weighted by atomic mass is 16.5. The zero-order valence-corrected chi connectivity index (χ0v) is 19.7. The zero-order chi connectivity index (χ0) is 23.9. The second kappa shape index (κ2) is 8.94. The number of nitrogens with one attached hydrogen (secondary N) is 1. The summed E-state index contributed by atoms with van der Waals surface area (Å²) >= 11 is 0. The average molecular weight is 480 g/mol. The first-order chi connectivity index (χ1) is 17.0. The summed E-state index contributed by atoms with van der Waals surface area (Å²) in [4.78, 5) is 20.8. The standard InChI is InChI=1S/C24H29N7O4/c1-31-18(12-25-24-27-22(35-29-24)14-7-8-14)21(28-30-31)17-9-10-19(20(26-17)13-5-6-13)34-16-4-2-3-15(11-16)23(32)33/h9-10,13-16H,2-8,11-12H2,1H3,(H,25,29)(H,32,33)/t15-,16-/m0/s1. The molecule has 3 aliphatic rings. The van der Waals surface area contributed by atoms with Crippen LogP contribution in [0.3, 0.4) is 0 Å². The Balaban J connectivity index is 1.20. The minimum Gasteiger partial charge on any atom is -0.488 e. The maximum absolute atomic E-state index is 11.4. The van der Waals surface area contributed by atoms with E-state index in [0.717, 1.165) is 67.8 Å². The fraction of sp³-hybridized carbons (Fsp3) is 0.583. The van der Waals surface area contributed by atoms with Crippen LogP contribution < -0.4 is 10.1 Å². The highest BCUT2D eigenvalue weighted by molar-refractivity contribution is 5.70. The van der Waals surface area contributed by atoms with E-state index in [2.05, 4.69) is 25.8 Å². The minimum absolute atomic E-state index is 0.0956. The van der Waals surface area contributed by atoms with Crippen molar-refractivity contribution in [2.75, 3.05) is 5.32 Å². The predicted octanol–water partition coefficient (Wildman–Crippen LogP) is 3.65. The molecule has 0 radical (unpaired) electrons. The SMILES string of the molecule is Cn1nnc(-c2ccc(O[C@H]3CCC[C@H](C(=O)O)C3)c(C3CC3)n2)c1CNc1noc(C2CC2)n1. The van der Waals surface area contributed by atoms with Crippen molar-refractivity contribution in [2.45, 2.75) is 75.9 Å². The average Bonchev–Trinajstić information content (AvgIpc) is 3.79. The highest BCUT2D eigenvalue weighted by Crippen LogP contribution is 2.45. The van der Waals surface area contributed by atoms with Crippen LogP contribution in [0.25, 0.3) is 11.4 Å². The molecule has 0 amide bonds. The molecule has 2 atom stereocenters. The molecule has 3 aromatic rings. The molecular formula is C24H29N7O4. The van der Waals surface area contributed by atoms with E-state index in [1.54, 1.807) is 4.68 Å². The molecule has 3 aliphatic carbocycles. The van der Waals surface area contributed by atoms with E-state index in [1.807, 2.05) is 19.2 Å². The first-order valence-corrected chi connectivity index (χ1v) is 12.4. The molecular weight excluding hydrogens is 450 g/mol. The van der Waals surface area contributed by atoms with Gasteiger partial charge in [-0.2, -0.15) is 4.98 Å². The quantitative estimate of drug-likeness (QED) is 0.467. The Morgan fingerprint density at radius 2 is 2.00 bits per heavy atom. The van der Waals surface area contributed by atoms with E-state index < -0.39 is 5.97 Å². The van der Waals surface area contributed by atoms with Crippen molar-refractivity contribution >= 4 is 11.9 Å². The van der Waals surface area contributed by atoms with Gasteiger partial charge in [0.25, 0.3) is 5.95 Å². The second-order valence-corrected chi connectivity index (χ2v) is 9.89. The summed E-state index contributed by atoms with van der Waals surface area (Å²) < 4.78 is 13.4. The number of hydrogen-bond donors (Lipinski definition) is 2. The molecule has 184 valence electrons. The van der Waals surface area contributed by atoms with Crippen molar-refractivity contribution in [3.05, 3.63) is 29.4 Å². The van der Waals surface area contributed by atoms with Gasteiger partial charge in [0.1, 0.15) is 11.4 Å². The Kier molecular flexibility index (Phi) is 5.62. The molecule has 0 aromatic carbocycles. The lowest BCUT2D eigenvalue weighted by atomic mass is 9.87. The van der Waals surface area contributed by atoms with Crippen molar-refractivity contribution in [3.63, 3.8) is 0 Å². The molecule has 2 N–H and O–H groups in total. The van der Waals surface area contributed by atoms with E-state index in [1.165, 1.54) is 0 Å². The van der Waals surface area contributed by atoms with E-state index in [9.17, 15) is 9.90 Å². The highest BCUT2D eigenvalue weighted by Gasteiger charge is 2.33. The molecule has 35 heavy (non-hydrogen) atoms. The number of aromatic nitrogens is 6. The molecule has 0 spiro atoms. The Morgan fingerprint density at radius 3 is 2.77 bits per heavy atom. The molecule has 3 fully saturated rings.